The molecule has 1 rings (SSSR count). The molecule has 94 valence electrons. The first-order chi connectivity index (χ1) is 7.95. The number of ether oxygens (including phenoxy) is 1. The molecule has 3 nitrogen and oxygen atoms in total. The Labute approximate surface area is 101 Å². The zero-order valence-corrected chi connectivity index (χ0v) is 10.4. The van der Waals surface area contributed by atoms with E-state index in [-0.39, 0.29) is 29.9 Å². The van der Waals surface area contributed by atoms with Crippen molar-refractivity contribution in [1.82, 2.24) is 0 Å². The molecule has 0 fully saturated rings. The normalized spacial score (nSPS) is 12.6. The molecule has 1 aromatic rings. The van der Waals surface area contributed by atoms with Crippen LogP contribution < -0.4 is 10.5 Å². The minimum atomic E-state index is -0.531. The zero-order chi connectivity index (χ0) is 13.0. The van der Waals surface area contributed by atoms with Gasteiger partial charge in [0.1, 0.15) is 0 Å². The topological polar surface area (TPSA) is 52.3 Å². The third-order valence-electron chi connectivity index (χ3n) is 2.75. The van der Waals surface area contributed by atoms with Gasteiger partial charge in [0, 0.05) is 18.0 Å². The van der Waals surface area contributed by atoms with Gasteiger partial charge in [0.05, 0.1) is 7.11 Å². The number of carbonyl (C=O) groups excluding carboxylic acids is 1. The average molecular weight is 239 g/mol. The maximum absolute atomic E-state index is 13.4. The average Bonchev–Trinajstić information content (AvgIpc) is 2.28. The minimum Gasteiger partial charge on any atom is -0.494 e. The summed E-state index contributed by atoms with van der Waals surface area (Å²) in [5, 5.41) is 0. The number of nitrogens with two attached hydrogens (primary N) is 1. The van der Waals surface area contributed by atoms with Crippen LogP contribution in [0.3, 0.4) is 0 Å². The van der Waals surface area contributed by atoms with E-state index >= 15 is 0 Å². The van der Waals surface area contributed by atoms with E-state index in [0.29, 0.717) is 5.56 Å². The van der Waals surface area contributed by atoms with E-state index in [1.807, 2.05) is 13.8 Å². The SMILES string of the molecule is COc1ccc(C(=O)CC(N)C(C)C)cc1F. The third kappa shape index (κ3) is 3.53. The molecule has 0 aromatic heterocycles. The van der Waals surface area contributed by atoms with Crippen LogP contribution in [0.4, 0.5) is 4.39 Å². The zero-order valence-electron chi connectivity index (χ0n) is 10.4. The van der Waals surface area contributed by atoms with E-state index in [2.05, 4.69) is 0 Å². The molecule has 0 heterocycles. The lowest BCUT2D eigenvalue weighted by molar-refractivity contribution is 0.0967. The van der Waals surface area contributed by atoms with E-state index in [9.17, 15) is 9.18 Å². The number of Topliss-reactive ketones (excluding diaryl/α,β-unsaturated/α-hetero) is 1. The maximum atomic E-state index is 13.4. The van der Waals surface area contributed by atoms with Crippen LogP contribution >= 0.6 is 0 Å². The van der Waals surface area contributed by atoms with Gasteiger partial charge in [0.15, 0.2) is 17.3 Å². The Morgan fingerprint density at radius 1 is 1.47 bits per heavy atom. The quantitative estimate of drug-likeness (QED) is 0.803. The number of carbonyl (C=O) groups is 1. The molecule has 17 heavy (non-hydrogen) atoms. The maximum Gasteiger partial charge on any atom is 0.165 e. The van der Waals surface area contributed by atoms with Gasteiger partial charge >= 0.3 is 0 Å². The van der Waals surface area contributed by atoms with Gasteiger partial charge in [0.25, 0.3) is 0 Å². The largest absolute Gasteiger partial charge is 0.494 e. The van der Waals surface area contributed by atoms with Gasteiger partial charge in [-0.3, -0.25) is 4.79 Å². The molecule has 4 heteroatoms. The first-order valence-corrected chi connectivity index (χ1v) is 5.58. The molecule has 2 N–H and O–H groups in total. The second-order valence-electron chi connectivity index (χ2n) is 4.38. The number of methoxy groups -OCH3 is 1. The van der Waals surface area contributed by atoms with Crippen LogP contribution in [0.25, 0.3) is 0 Å². The van der Waals surface area contributed by atoms with E-state index in [0.717, 1.165) is 0 Å². The molecule has 0 saturated heterocycles. The number of ketones is 1. The molecular weight excluding hydrogens is 221 g/mol. The van der Waals surface area contributed by atoms with Gasteiger partial charge in [-0.05, 0) is 24.1 Å². The smallest absolute Gasteiger partial charge is 0.165 e. The van der Waals surface area contributed by atoms with Crippen LogP contribution in [0.2, 0.25) is 0 Å². The van der Waals surface area contributed by atoms with Gasteiger partial charge in [-0.15, -0.1) is 0 Å². The number of rotatable bonds is 5. The van der Waals surface area contributed by atoms with Crippen molar-refractivity contribution in [3.63, 3.8) is 0 Å². The van der Waals surface area contributed by atoms with Gasteiger partial charge in [-0.2, -0.15) is 0 Å². The molecule has 0 aliphatic carbocycles. The number of hydrogen-bond donors (Lipinski definition) is 1. The van der Waals surface area contributed by atoms with Crippen molar-refractivity contribution in [1.29, 1.82) is 0 Å². The molecule has 0 aliphatic heterocycles. The van der Waals surface area contributed by atoms with Gasteiger partial charge in [0.2, 0.25) is 0 Å². The highest BCUT2D eigenvalue weighted by molar-refractivity contribution is 5.96. The lowest BCUT2D eigenvalue weighted by Crippen LogP contribution is -2.29. The molecule has 0 radical (unpaired) electrons. The standard InChI is InChI=1S/C13H18FNO2/c1-8(2)11(15)7-12(16)9-4-5-13(17-3)10(14)6-9/h4-6,8,11H,7,15H2,1-3H3. The van der Waals surface area contributed by atoms with E-state index < -0.39 is 5.82 Å². The van der Waals surface area contributed by atoms with Crippen molar-refractivity contribution in [2.45, 2.75) is 26.3 Å². The van der Waals surface area contributed by atoms with Crippen LogP contribution in [-0.2, 0) is 0 Å². The molecule has 0 amide bonds. The van der Waals surface area contributed by atoms with Crippen LogP contribution in [0, 0.1) is 11.7 Å². The molecule has 0 spiro atoms. The summed E-state index contributed by atoms with van der Waals surface area (Å²) >= 11 is 0. The van der Waals surface area contributed by atoms with Gasteiger partial charge < -0.3 is 10.5 Å². The van der Waals surface area contributed by atoms with E-state index in [4.69, 9.17) is 10.5 Å². The summed E-state index contributed by atoms with van der Waals surface area (Å²) < 4.78 is 18.2. The van der Waals surface area contributed by atoms with Crippen LogP contribution in [0.5, 0.6) is 5.75 Å². The summed E-state index contributed by atoms with van der Waals surface area (Å²) in [4.78, 5) is 11.8. The highest BCUT2D eigenvalue weighted by atomic mass is 19.1. The summed E-state index contributed by atoms with van der Waals surface area (Å²) in [5.74, 6) is -0.319. The Hall–Kier alpha value is -1.42. The number of benzene rings is 1. The summed E-state index contributed by atoms with van der Waals surface area (Å²) in [5.41, 5.74) is 6.14. The first kappa shape index (κ1) is 13.6. The summed E-state index contributed by atoms with van der Waals surface area (Å²) in [6.45, 7) is 3.90. The fraction of sp³-hybridized carbons (Fsp3) is 0.462. The highest BCUT2D eigenvalue weighted by Gasteiger charge is 2.16. The molecular formula is C13H18FNO2. The second-order valence-corrected chi connectivity index (χ2v) is 4.38. The van der Waals surface area contributed by atoms with Crippen LogP contribution in [0.15, 0.2) is 18.2 Å². The molecule has 1 aromatic carbocycles. The highest BCUT2D eigenvalue weighted by Crippen LogP contribution is 2.19. The Morgan fingerprint density at radius 2 is 2.12 bits per heavy atom. The van der Waals surface area contributed by atoms with Crippen molar-refractivity contribution in [3.8, 4) is 5.75 Å². The molecule has 1 atom stereocenters. The fourth-order valence-corrected chi connectivity index (χ4v) is 1.41. The van der Waals surface area contributed by atoms with Crippen molar-refractivity contribution in [2.75, 3.05) is 7.11 Å². The molecule has 1 unspecified atom stereocenters. The van der Waals surface area contributed by atoms with Crippen LogP contribution in [0.1, 0.15) is 30.6 Å². The predicted octanol–water partition coefficient (Wildman–Crippen LogP) is 2.39. The predicted molar refractivity (Wildman–Crippen MR) is 64.7 cm³/mol. The fourth-order valence-electron chi connectivity index (χ4n) is 1.41. The van der Waals surface area contributed by atoms with E-state index in [1.165, 1.54) is 19.2 Å². The Balaban J connectivity index is 2.80. The Morgan fingerprint density at radius 3 is 2.59 bits per heavy atom. The lowest BCUT2D eigenvalue weighted by Gasteiger charge is -2.14. The Bertz CT molecular complexity index is 404. The lowest BCUT2D eigenvalue weighted by atomic mass is 9.96. The number of hydrogen-bond acceptors (Lipinski definition) is 3. The van der Waals surface area contributed by atoms with Gasteiger partial charge in [-0.1, -0.05) is 13.8 Å². The van der Waals surface area contributed by atoms with Crippen molar-refractivity contribution >= 4 is 5.78 Å². The summed E-state index contributed by atoms with van der Waals surface area (Å²) in [6, 6.07) is 3.99. The van der Waals surface area contributed by atoms with Crippen molar-refractivity contribution in [2.24, 2.45) is 11.7 Å². The first-order valence-electron chi connectivity index (χ1n) is 5.58. The monoisotopic (exact) mass is 239 g/mol. The molecule has 0 aliphatic rings. The Kier molecular flexibility index (Phi) is 4.63. The van der Waals surface area contributed by atoms with Crippen molar-refractivity contribution in [3.05, 3.63) is 29.6 Å². The minimum absolute atomic E-state index is 0.134. The second kappa shape index (κ2) is 5.77. The van der Waals surface area contributed by atoms with Gasteiger partial charge in [-0.25, -0.2) is 4.39 Å². The molecule has 0 saturated carbocycles. The summed E-state index contributed by atoms with van der Waals surface area (Å²) in [7, 11) is 1.38. The summed E-state index contributed by atoms with van der Waals surface area (Å²) in [6.07, 6.45) is 0.226. The van der Waals surface area contributed by atoms with Crippen LogP contribution in [-0.4, -0.2) is 18.9 Å². The third-order valence-corrected chi connectivity index (χ3v) is 2.75. The van der Waals surface area contributed by atoms with E-state index in [1.54, 1.807) is 6.07 Å². The van der Waals surface area contributed by atoms with Crippen molar-refractivity contribution < 1.29 is 13.9 Å². The molecule has 0 bridgehead atoms. The number of halogens is 1.